The van der Waals surface area contributed by atoms with Gasteiger partial charge in [-0.3, -0.25) is 9.97 Å². The van der Waals surface area contributed by atoms with E-state index in [2.05, 4.69) is 27.4 Å². The Morgan fingerprint density at radius 3 is 1.71 bits per heavy atom. The Morgan fingerprint density at radius 1 is 0.882 bits per heavy atom. The van der Waals surface area contributed by atoms with E-state index in [1.165, 1.54) is 11.1 Å². The lowest BCUT2D eigenvalue weighted by Gasteiger charge is -2.03. The molecule has 0 fully saturated rings. The smallest absolute Gasteiger partial charge is 0.0312 e. The highest BCUT2D eigenvalue weighted by molar-refractivity contribution is 5.10. The summed E-state index contributed by atoms with van der Waals surface area (Å²) >= 11 is 0. The maximum Gasteiger partial charge on any atom is 0.0312 e. The van der Waals surface area contributed by atoms with E-state index in [0.717, 1.165) is 13.1 Å². The molecule has 0 radical (unpaired) electrons. The van der Waals surface area contributed by atoms with Gasteiger partial charge in [-0.05, 0) is 23.3 Å². The van der Waals surface area contributed by atoms with Crippen LogP contribution in [-0.4, -0.2) is 9.97 Å². The molecule has 2 heterocycles. The summed E-state index contributed by atoms with van der Waals surface area (Å²) in [5.74, 6) is 0. The third-order valence-electron chi connectivity index (χ3n) is 2.10. The monoisotopic (exact) mass is 229 g/mol. The van der Waals surface area contributed by atoms with Crippen molar-refractivity contribution in [1.29, 1.82) is 0 Å². The lowest BCUT2D eigenvalue weighted by Crippen LogP contribution is -2.12. The van der Waals surface area contributed by atoms with Gasteiger partial charge < -0.3 is 5.32 Å². The Hall–Kier alpha value is -1.74. The number of rotatable bonds is 4. The minimum atomic E-state index is 0.836. The highest BCUT2D eigenvalue weighted by Crippen LogP contribution is 1.97. The number of hydrogen-bond donors (Lipinski definition) is 1. The first kappa shape index (κ1) is 13.3. The number of nitrogens with zero attached hydrogens (tertiary/aromatic N) is 2. The van der Waals surface area contributed by atoms with E-state index >= 15 is 0 Å². The highest BCUT2D eigenvalue weighted by Gasteiger charge is 1.93. The topological polar surface area (TPSA) is 37.8 Å². The molecular formula is C14H19N3. The minimum absolute atomic E-state index is 0.836. The molecule has 90 valence electrons. The molecular weight excluding hydrogens is 210 g/mol. The first-order chi connectivity index (χ1) is 8.45. The summed E-state index contributed by atoms with van der Waals surface area (Å²) < 4.78 is 0. The van der Waals surface area contributed by atoms with Gasteiger partial charge in [-0.1, -0.05) is 26.0 Å². The fraction of sp³-hybridized carbons (Fsp3) is 0.286. The van der Waals surface area contributed by atoms with E-state index in [1.807, 2.05) is 38.4 Å². The summed E-state index contributed by atoms with van der Waals surface area (Å²) in [6.45, 7) is 5.67. The van der Waals surface area contributed by atoms with Gasteiger partial charge in [0.25, 0.3) is 0 Å². The van der Waals surface area contributed by atoms with Crippen LogP contribution in [0, 0.1) is 0 Å². The van der Waals surface area contributed by atoms with Gasteiger partial charge in [0.1, 0.15) is 0 Å². The van der Waals surface area contributed by atoms with Gasteiger partial charge in [-0.25, -0.2) is 0 Å². The third kappa shape index (κ3) is 5.22. The predicted molar refractivity (Wildman–Crippen MR) is 70.4 cm³/mol. The number of aromatic nitrogens is 2. The van der Waals surface area contributed by atoms with Gasteiger partial charge in [-0.2, -0.15) is 0 Å². The lowest BCUT2D eigenvalue weighted by atomic mass is 10.2. The fourth-order valence-corrected chi connectivity index (χ4v) is 1.36. The number of pyridine rings is 2. The zero-order valence-corrected chi connectivity index (χ0v) is 10.4. The van der Waals surface area contributed by atoms with E-state index in [1.54, 1.807) is 12.4 Å². The van der Waals surface area contributed by atoms with Crippen molar-refractivity contribution in [3.63, 3.8) is 0 Å². The molecule has 0 amide bonds. The lowest BCUT2D eigenvalue weighted by molar-refractivity contribution is 0.689. The molecule has 0 saturated heterocycles. The second-order valence-electron chi connectivity index (χ2n) is 3.33. The second-order valence-corrected chi connectivity index (χ2v) is 3.33. The van der Waals surface area contributed by atoms with E-state index in [9.17, 15) is 0 Å². The van der Waals surface area contributed by atoms with Crippen molar-refractivity contribution in [1.82, 2.24) is 15.3 Å². The zero-order valence-electron chi connectivity index (χ0n) is 10.4. The van der Waals surface area contributed by atoms with Crippen molar-refractivity contribution < 1.29 is 0 Å². The van der Waals surface area contributed by atoms with E-state index in [4.69, 9.17) is 0 Å². The van der Waals surface area contributed by atoms with E-state index in [0.29, 0.717) is 0 Å². The van der Waals surface area contributed by atoms with Crippen LogP contribution in [-0.2, 0) is 13.1 Å². The molecule has 0 aliphatic carbocycles. The van der Waals surface area contributed by atoms with E-state index in [-0.39, 0.29) is 0 Å². The molecule has 2 aromatic rings. The van der Waals surface area contributed by atoms with Crippen LogP contribution in [0.25, 0.3) is 0 Å². The maximum atomic E-state index is 4.06. The molecule has 0 atom stereocenters. The molecule has 0 aromatic carbocycles. The Kier molecular flexibility index (Phi) is 6.60. The highest BCUT2D eigenvalue weighted by atomic mass is 14.9. The Labute approximate surface area is 103 Å². The van der Waals surface area contributed by atoms with Crippen LogP contribution in [0.1, 0.15) is 25.0 Å². The molecule has 0 aliphatic heterocycles. The summed E-state index contributed by atoms with van der Waals surface area (Å²) in [6.07, 6.45) is 7.31. The Balaban J connectivity index is 0.000000686. The van der Waals surface area contributed by atoms with Crippen LogP contribution in [0.2, 0.25) is 0 Å². The zero-order chi connectivity index (χ0) is 12.3. The molecule has 0 aliphatic rings. The summed E-state index contributed by atoms with van der Waals surface area (Å²) in [4.78, 5) is 8.12. The molecule has 0 spiro atoms. The molecule has 2 rings (SSSR count). The van der Waals surface area contributed by atoms with Crippen molar-refractivity contribution in [2.75, 3.05) is 0 Å². The van der Waals surface area contributed by atoms with Crippen LogP contribution in [0.4, 0.5) is 0 Å². The van der Waals surface area contributed by atoms with Crippen LogP contribution >= 0.6 is 0 Å². The quantitative estimate of drug-likeness (QED) is 0.876. The Morgan fingerprint density at radius 2 is 1.35 bits per heavy atom. The summed E-state index contributed by atoms with van der Waals surface area (Å²) in [7, 11) is 0. The van der Waals surface area contributed by atoms with Crippen molar-refractivity contribution in [3.8, 4) is 0 Å². The molecule has 17 heavy (non-hydrogen) atoms. The number of nitrogens with one attached hydrogen (secondary N) is 1. The molecule has 1 N–H and O–H groups in total. The number of hydrogen-bond acceptors (Lipinski definition) is 3. The van der Waals surface area contributed by atoms with Gasteiger partial charge in [0.05, 0.1) is 0 Å². The summed E-state index contributed by atoms with van der Waals surface area (Å²) in [5.41, 5.74) is 2.39. The largest absolute Gasteiger partial charge is 0.309 e. The van der Waals surface area contributed by atoms with Crippen molar-refractivity contribution in [2.45, 2.75) is 26.9 Å². The summed E-state index contributed by atoms with van der Waals surface area (Å²) in [6, 6.07) is 8.01. The Bertz CT molecular complexity index is 347. The fourth-order valence-electron chi connectivity index (χ4n) is 1.36. The van der Waals surface area contributed by atoms with Crippen LogP contribution in [0.15, 0.2) is 49.1 Å². The predicted octanol–water partition coefficient (Wildman–Crippen LogP) is 2.79. The molecule has 3 nitrogen and oxygen atoms in total. The van der Waals surface area contributed by atoms with Crippen LogP contribution < -0.4 is 5.32 Å². The van der Waals surface area contributed by atoms with Crippen LogP contribution in [0.5, 0.6) is 0 Å². The van der Waals surface area contributed by atoms with Gasteiger partial charge in [0.15, 0.2) is 0 Å². The van der Waals surface area contributed by atoms with Gasteiger partial charge in [-0.15, -0.1) is 0 Å². The van der Waals surface area contributed by atoms with Crippen molar-refractivity contribution in [3.05, 3.63) is 60.2 Å². The SMILES string of the molecule is CC.c1cncc(CNCc2cccnc2)c1. The van der Waals surface area contributed by atoms with E-state index < -0.39 is 0 Å². The maximum absolute atomic E-state index is 4.06. The first-order valence-electron chi connectivity index (χ1n) is 5.94. The molecule has 2 aromatic heterocycles. The average molecular weight is 229 g/mol. The van der Waals surface area contributed by atoms with Crippen molar-refractivity contribution in [2.24, 2.45) is 0 Å². The third-order valence-corrected chi connectivity index (χ3v) is 2.10. The standard InChI is InChI=1S/C12H13N3.C2H6/c1-3-11(7-13-5-1)9-15-10-12-4-2-6-14-8-12;1-2/h1-8,15H,9-10H2;1-2H3. The van der Waals surface area contributed by atoms with Gasteiger partial charge in [0, 0.05) is 37.9 Å². The minimum Gasteiger partial charge on any atom is -0.309 e. The first-order valence-corrected chi connectivity index (χ1v) is 5.94. The average Bonchev–Trinajstić information content (AvgIpc) is 2.43. The van der Waals surface area contributed by atoms with Crippen molar-refractivity contribution >= 4 is 0 Å². The normalized spacial score (nSPS) is 9.29. The second kappa shape index (κ2) is 8.42. The molecule has 3 heteroatoms. The van der Waals surface area contributed by atoms with Gasteiger partial charge in [0.2, 0.25) is 0 Å². The van der Waals surface area contributed by atoms with Crippen LogP contribution in [0.3, 0.4) is 0 Å². The molecule has 0 unspecified atom stereocenters. The summed E-state index contributed by atoms with van der Waals surface area (Å²) in [5, 5.41) is 3.34. The molecule has 0 bridgehead atoms. The molecule has 0 saturated carbocycles. The van der Waals surface area contributed by atoms with Gasteiger partial charge >= 0.3 is 0 Å².